The van der Waals surface area contributed by atoms with Crippen LogP contribution in [-0.2, 0) is 4.74 Å². The molecule has 0 saturated heterocycles. The molecule has 0 bridgehead atoms. The van der Waals surface area contributed by atoms with Gasteiger partial charge in [0, 0.05) is 13.6 Å². The molecule has 3 unspecified atom stereocenters. The molecule has 2 aliphatic carbocycles. The Bertz CT molecular complexity index is 436. The SMILES string of the molecule is CC1CCCC(C)C1OCC1(CC2CCCCC2)CN(C)C(N)=N1. The summed E-state index contributed by atoms with van der Waals surface area (Å²) >= 11 is 0. The van der Waals surface area contributed by atoms with Gasteiger partial charge in [0.15, 0.2) is 5.96 Å². The van der Waals surface area contributed by atoms with Crippen molar-refractivity contribution in [3.63, 3.8) is 0 Å². The van der Waals surface area contributed by atoms with Gasteiger partial charge in [-0.3, -0.25) is 0 Å². The maximum Gasteiger partial charge on any atom is 0.191 e. The van der Waals surface area contributed by atoms with Crippen molar-refractivity contribution in [2.45, 2.75) is 83.3 Å². The third-order valence-corrected chi connectivity index (χ3v) is 6.65. The van der Waals surface area contributed by atoms with Crippen molar-refractivity contribution in [3.05, 3.63) is 0 Å². The fourth-order valence-corrected chi connectivity index (χ4v) is 5.29. The summed E-state index contributed by atoms with van der Waals surface area (Å²) in [5.74, 6) is 2.83. The molecule has 2 N–H and O–H groups in total. The Labute approximate surface area is 148 Å². The molecule has 1 aliphatic heterocycles. The van der Waals surface area contributed by atoms with E-state index in [1.54, 1.807) is 0 Å². The van der Waals surface area contributed by atoms with E-state index in [2.05, 4.69) is 25.8 Å². The average Bonchev–Trinajstić information content (AvgIpc) is 2.82. The van der Waals surface area contributed by atoms with Crippen molar-refractivity contribution < 1.29 is 4.74 Å². The molecule has 1 heterocycles. The minimum Gasteiger partial charge on any atom is -0.375 e. The molecule has 3 aliphatic rings. The fraction of sp³-hybridized carbons (Fsp3) is 0.950. The summed E-state index contributed by atoms with van der Waals surface area (Å²) in [7, 11) is 2.06. The highest BCUT2D eigenvalue weighted by molar-refractivity contribution is 5.80. The summed E-state index contributed by atoms with van der Waals surface area (Å²) < 4.78 is 6.54. The van der Waals surface area contributed by atoms with Crippen LogP contribution in [0.15, 0.2) is 4.99 Å². The third-order valence-electron chi connectivity index (χ3n) is 6.65. The molecule has 0 amide bonds. The molecule has 24 heavy (non-hydrogen) atoms. The van der Waals surface area contributed by atoms with Crippen molar-refractivity contribution in [2.75, 3.05) is 20.2 Å². The van der Waals surface area contributed by atoms with E-state index < -0.39 is 0 Å². The number of hydrogen-bond acceptors (Lipinski definition) is 4. The monoisotopic (exact) mass is 335 g/mol. The van der Waals surface area contributed by atoms with Gasteiger partial charge in [-0.25, -0.2) is 4.99 Å². The lowest BCUT2D eigenvalue weighted by atomic mass is 9.79. The van der Waals surface area contributed by atoms with Gasteiger partial charge in [-0.2, -0.15) is 0 Å². The van der Waals surface area contributed by atoms with Gasteiger partial charge < -0.3 is 15.4 Å². The van der Waals surface area contributed by atoms with E-state index >= 15 is 0 Å². The van der Waals surface area contributed by atoms with Crippen LogP contribution in [-0.4, -0.2) is 42.7 Å². The lowest BCUT2D eigenvalue weighted by Gasteiger charge is -2.38. The van der Waals surface area contributed by atoms with E-state index in [1.807, 2.05) is 0 Å². The summed E-state index contributed by atoms with van der Waals surface area (Å²) in [5.41, 5.74) is 6.03. The second-order valence-corrected chi connectivity index (χ2v) is 8.92. The Hall–Kier alpha value is -0.770. The van der Waals surface area contributed by atoms with Crippen LogP contribution < -0.4 is 5.73 Å². The van der Waals surface area contributed by atoms with Crippen LogP contribution in [0.4, 0.5) is 0 Å². The molecule has 4 heteroatoms. The highest BCUT2D eigenvalue weighted by Crippen LogP contribution is 2.37. The van der Waals surface area contributed by atoms with Crippen LogP contribution in [0.2, 0.25) is 0 Å². The van der Waals surface area contributed by atoms with Crippen LogP contribution in [0.5, 0.6) is 0 Å². The number of likely N-dealkylation sites (N-methyl/N-ethyl adjacent to an activating group) is 1. The van der Waals surface area contributed by atoms with Gasteiger partial charge in [-0.05, 0) is 37.0 Å². The summed E-state index contributed by atoms with van der Waals surface area (Å²) in [5, 5.41) is 0. The molecule has 4 nitrogen and oxygen atoms in total. The molecule has 0 aromatic rings. The zero-order chi connectivity index (χ0) is 17.2. The minimum absolute atomic E-state index is 0.113. The molecular formula is C20H37N3O. The molecule has 3 rings (SSSR count). The number of nitrogens with two attached hydrogens (primary N) is 1. The van der Waals surface area contributed by atoms with Crippen molar-refractivity contribution >= 4 is 5.96 Å². The number of ether oxygens (including phenoxy) is 1. The number of rotatable bonds is 5. The van der Waals surface area contributed by atoms with Gasteiger partial charge in [0.05, 0.1) is 12.7 Å². The molecule has 2 saturated carbocycles. The van der Waals surface area contributed by atoms with Crippen molar-refractivity contribution in [1.82, 2.24) is 4.90 Å². The topological polar surface area (TPSA) is 50.9 Å². The third kappa shape index (κ3) is 4.07. The first kappa shape index (κ1) is 18.0. The van der Waals surface area contributed by atoms with Crippen LogP contribution in [0.25, 0.3) is 0 Å². The Morgan fingerprint density at radius 3 is 2.33 bits per heavy atom. The predicted molar refractivity (Wildman–Crippen MR) is 100 cm³/mol. The first-order valence-electron chi connectivity index (χ1n) is 10.2. The molecule has 3 atom stereocenters. The van der Waals surface area contributed by atoms with E-state index in [-0.39, 0.29) is 5.54 Å². The number of aliphatic imine (C=N–C) groups is 1. The van der Waals surface area contributed by atoms with Gasteiger partial charge in [0.25, 0.3) is 0 Å². The lowest BCUT2D eigenvalue weighted by Crippen LogP contribution is -2.44. The number of hydrogen-bond donors (Lipinski definition) is 1. The summed E-state index contributed by atoms with van der Waals surface area (Å²) in [6, 6.07) is 0. The average molecular weight is 336 g/mol. The zero-order valence-electron chi connectivity index (χ0n) is 16.0. The van der Waals surface area contributed by atoms with Crippen molar-refractivity contribution in [3.8, 4) is 0 Å². The van der Waals surface area contributed by atoms with Crippen LogP contribution in [0.3, 0.4) is 0 Å². The van der Waals surface area contributed by atoms with Crippen LogP contribution >= 0.6 is 0 Å². The second kappa shape index (κ2) is 7.63. The summed E-state index contributed by atoms with van der Waals surface area (Å²) in [4.78, 5) is 7.04. The van der Waals surface area contributed by atoms with Crippen molar-refractivity contribution in [1.29, 1.82) is 0 Å². The van der Waals surface area contributed by atoms with E-state index in [1.165, 1.54) is 51.4 Å². The highest BCUT2D eigenvalue weighted by Gasteiger charge is 2.41. The predicted octanol–water partition coefficient (Wildman–Crippen LogP) is 3.80. The Kier molecular flexibility index (Phi) is 5.74. The molecule has 0 aromatic carbocycles. The van der Waals surface area contributed by atoms with E-state index in [9.17, 15) is 0 Å². The van der Waals surface area contributed by atoms with Gasteiger partial charge in [-0.15, -0.1) is 0 Å². The number of nitrogens with zero attached hydrogens (tertiary/aromatic N) is 2. The van der Waals surface area contributed by atoms with Gasteiger partial charge in [-0.1, -0.05) is 52.4 Å². The second-order valence-electron chi connectivity index (χ2n) is 8.92. The Morgan fingerprint density at radius 1 is 1.08 bits per heavy atom. The highest BCUT2D eigenvalue weighted by atomic mass is 16.5. The molecule has 138 valence electrons. The van der Waals surface area contributed by atoms with Crippen LogP contribution in [0, 0.1) is 17.8 Å². The van der Waals surface area contributed by atoms with Crippen molar-refractivity contribution in [2.24, 2.45) is 28.5 Å². The normalized spacial score (nSPS) is 38.4. The minimum atomic E-state index is -0.113. The summed E-state index contributed by atoms with van der Waals surface area (Å²) in [6.45, 7) is 6.37. The standard InChI is InChI=1S/C20H37N3O/c1-15-8-7-9-16(2)18(15)24-14-20(13-23(3)19(21)22-20)12-17-10-5-4-6-11-17/h15-18H,4-14H2,1-3H3,(H2,21,22). The van der Waals surface area contributed by atoms with E-state index in [0.717, 1.165) is 25.5 Å². The zero-order valence-corrected chi connectivity index (χ0v) is 16.0. The maximum absolute atomic E-state index is 6.54. The first-order valence-corrected chi connectivity index (χ1v) is 10.2. The smallest absolute Gasteiger partial charge is 0.191 e. The van der Waals surface area contributed by atoms with E-state index in [4.69, 9.17) is 15.5 Å². The van der Waals surface area contributed by atoms with Crippen LogP contribution in [0.1, 0.15) is 71.6 Å². The summed E-state index contributed by atoms with van der Waals surface area (Å²) in [6.07, 6.45) is 12.4. The lowest BCUT2D eigenvalue weighted by molar-refractivity contribution is -0.0593. The Morgan fingerprint density at radius 2 is 1.75 bits per heavy atom. The molecule has 0 radical (unpaired) electrons. The first-order chi connectivity index (χ1) is 11.5. The Balaban J connectivity index is 1.66. The van der Waals surface area contributed by atoms with Gasteiger partial charge in [0.1, 0.15) is 5.54 Å². The molecule has 0 spiro atoms. The van der Waals surface area contributed by atoms with Gasteiger partial charge >= 0.3 is 0 Å². The number of guanidine groups is 1. The largest absolute Gasteiger partial charge is 0.375 e. The quantitative estimate of drug-likeness (QED) is 0.831. The fourth-order valence-electron chi connectivity index (χ4n) is 5.29. The molecule has 0 aromatic heterocycles. The van der Waals surface area contributed by atoms with E-state index in [0.29, 0.717) is 23.9 Å². The van der Waals surface area contributed by atoms with Gasteiger partial charge in [0.2, 0.25) is 0 Å². The molecular weight excluding hydrogens is 298 g/mol. The molecule has 2 fully saturated rings. The maximum atomic E-state index is 6.54.